The standard InChI is InChI=1S/C7H10BNO/c8-6-1-3-9-7(6)2-4-10-5-7/h1,9H,2-5H2. The molecule has 1 unspecified atom stereocenters. The summed E-state index contributed by atoms with van der Waals surface area (Å²) in [7, 11) is 5.79. The van der Waals surface area contributed by atoms with E-state index in [4.69, 9.17) is 12.6 Å². The maximum absolute atomic E-state index is 5.79. The Morgan fingerprint density at radius 2 is 2.60 bits per heavy atom. The zero-order valence-electron chi connectivity index (χ0n) is 5.89. The molecular weight excluding hydrogens is 125 g/mol. The number of rotatable bonds is 0. The number of ether oxygens (including phenoxy) is 1. The summed E-state index contributed by atoms with van der Waals surface area (Å²) in [6.07, 6.45) is 3.06. The fraction of sp³-hybridized carbons (Fsp3) is 0.714. The molecule has 0 bridgehead atoms. The van der Waals surface area contributed by atoms with Gasteiger partial charge >= 0.3 is 0 Å². The van der Waals surface area contributed by atoms with Gasteiger partial charge in [-0.1, -0.05) is 11.5 Å². The van der Waals surface area contributed by atoms with E-state index in [1.807, 2.05) is 6.08 Å². The highest BCUT2D eigenvalue weighted by atomic mass is 16.5. The lowest BCUT2D eigenvalue weighted by atomic mass is 9.78. The molecule has 0 aromatic heterocycles. The van der Waals surface area contributed by atoms with E-state index in [-0.39, 0.29) is 5.54 Å². The molecule has 1 fully saturated rings. The first kappa shape index (κ1) is 6.44. The number of hydrogen-bond acceptors (Lipinski definition) is 2. The van der Waals surface area contributed by atoms with Crippen molar-refractivity contribution < 1.29 is 4.74 Å². The molecule has 52 valence electrons. The normalized spacial score (nSPS) is 39.0. The second-order valence-electron chi connectivity index (χ2n) is 2.93. The van der Waals surface area contributed by atoms with Crippen molar-refractivity contribution in [1.82, 2.24) is 5.32 Å². The molecule has 1 spiro atoms. The van der Waals surface area contributed by atoms with Gasteiger partial charge in [0.25, 0.3) is 0 Å². The third-order valence-electron chi connectivity index (χ3n) is 2.34. The van der Waals surface area contributed by atoms with Gasteiger partial charge in [0.15, 0.2) is 0 Å². The first-order valence-electron chi connectivity index (χ1n) is 3.62. The lowest BCUT2D eigenvalue weighted by molar-refractivity contribution is 0.180. The zero-order valence-corrected chi connectivity index (χ0v) is 5.89. The largest absolute Gasteiger partial charge is 0.379 e. The molecule has 0 aliphatic carbocycles. The minimum atomic E-state index is 0.0139. The van der Waals surface area contributed by atoms with E-state index in [1.54, 1.807) is 0 Å². The van der Waals surface area contributed by atoms with Crippen LogP contribution in [-0.2, 0) is 4.74 Å². The van der Waals surface area contributed by atoms with Crippen molar-refractivity contribution in [1.29, 1.82) is 0 Å². The molecule has 2 nitrogen and oxygen atoms in total. The highest BCUT2D eigenvalue weighted by Gasteiger charge is 2.37. The maximum atomic E-state index is 5.79. The highest BCUT2D eigenvalue weighted by Crippen LogP contribution is 2.27. The van der Waals surface area contributed by atoms with Gasteiger partial charge in [0.05, 0.1) is 12.1 Å². The fourth-order valence-corrected chi connectivity index (χ4v) is 1.59. The minimum absolute atomic E-state index is 0.0139. The van der Waals surface area contributed by atoms with Crippen molar-refractivity contribution >= 4 is 7.85 Å². The number of hydrogen-bond donors (Lipinski definition) is 1. The van der Waals surface area contributed by atoms with Crippen LogP contribution >= 0.6 is 0 Å². The van der Waals surface area contributed by atoms with Crippen molar-refractivity contribution in [3.05, 3.63) is 11.5 Å². The lowest BCUT2D eigenvalue weighted by Crippen LogP contribution is -2.43. The lowest BCUT2D eigenvalue weighted by Gasteiger charge is -2.24. The molecule has 2 radical (unpaired) electrons. The molecule has 3 heteroatoms. The van der Waals surface area contributed by atoms with Gasteiger partial charge in [-0.2, -0.15) is 0 Å². The quantitative estimate of drug-likeness (QED) is 0.464. The Bertz CT molecular complexity index is 172. The van der Waals surface area contributed by atoms with Crippen LogP contribution < -0.4 is 5.32 Å². The van der Waals surface area contributed by atoms with Crippen LogP contribution in [0.15, 0.2) is 11.5 Å². The summed E-state index contributed by atoms with van der Waals surface area (Å²) in [5.74, 6) is 0. The molecular formula is C7H10BNO. The summed E-state index contributed by atoms with van der Waals surface area (Å²) in [4.78, 5) is 0. The molecule has 1 saturated heterocycles. The van der Waals surface area contributed by atoms with E-state index in [9.17, 15) is 0 Å². The summed E-state index contributed by atoms with van der Waals surface area (Å²) in [5.41, 5.74) is 0.977. The third kappa shape index (κ3) is 0.740. The van der Waals surface area contributed by atoms with Gasteiger partial charge in [-0.15, -0.1) is 0 Å². The topological polar surface area (TPSA) is 21.3 Å². The minimum Gasteiger partial charge on any atom is -0.379 e. The van der Waals surface area contributed by atoms with Gasteiger partial charge in [-0.25, -0.2) is 0 Å². The van der Waals surface area contributed by atoms with E-state index < -0.39 is 0 Å². The average Bonchev–Trinajstić information content (AvgIpc) is 2.48. The van der Waals surface area contributed by atoms with Gasteiger partial charge in [-0.3, -0.25) is 0 Å². The van der Waals surface area contributed by atoms with Crippen molar-refractivity contribution in [2.24, 2.45) is 0 Å². The van der Waals surface area contributed by atoms with Crippen LogP contribution in [-0.4, -0.2) is 33.1 Å². The van der Waals surface area contributed by atoms with Crippen molar-refractivity contribution in [2.45, 2.75) is 12.0 Å². The van der Waals surface area contributed by atoms with Crippen molar-refractivity contribution in [3.63, 3.8) is 0 Å². The molecule has 0 amide bonds. The van der Waals surface area contributed by atoms with Gasteiger partial charge < -0.3 is 10.1 Å². The Morgan fingerprint density at radius 1 is 1.70 bits per heavy atom. The Kier molecular flexibility index (Phi) is 1.36. The zero-order chi connectivity index (χ0) is 7.03. The summed E-state index contributed by atoms with van der Waals surface area (Å²) in [6.45, 7) is 2.48. The Labute approximate surface area is 62.0 Å². The molecule has 1 atom stereocenters. The molecule has 0 aromatic rings. The summed E-state index contributed by atoms with van der Waals surface area (Å²) >= 11 is 0. The molecule has 0 saturated carbocycles. The first-order chi connectivity index (χ1) is 4.83. The molecule has 2 heterocycles. The Hall–Kier alpha value is -0.275. The third-order valence-corrected chi connectivity index (χ3v) is 2.34. The van der Waals surface area contributed by atoms with Crippen LogP contribution in [0.3, 0.4) is 0 Å². The van der Waals surface area contributed by atoms with E-state index in [2.05, 4.69) is 5.32 Å². The van der Waals surface area contributed by atoms with Gasteiger partial charge in [0.2, 0.25) is 0 Å². The van der Waals surface area contributed by atoms with Crippen LogP contribution in [0.2, 0.25) is 0 Å². The van der Waals surface area contributed by atoms with Crippen LogP contribution in [0.4, 0.5) is 0 Å². The molecule has 0 aromatic carbocycles. The highest BCUT2D eigenvalue weighted by molar-refractivity contribution is 6.23. The van der Waals surface area contributed by atoms with E-state index in [1.165, 1.54) is 0 Å². The summed E-state index contributed by atoms with van der Waals surface area (Å²) in [6, 6.07) is 0. The van der Waals surface area contributed by atoms with Crippen LogP contribution in [0, 0.1) is 0 Å². The Balaban J connectivity index is 2.21. The predicted molar refractivity (Wildman–Crippen MR) is 40.0 cm³/mol. The van der Waals surface area contributed by atoms with E-state index in [0.717, 1.165) is 31.7 Å². The molecule has 1 N–H and O–H groups in total. The smallest absolute Gasteiger partial charge is 0.110 e. The van der Waals surface area contributed by atoms with E-state index in [0.29, 0.717) is 0 Å². The molecule has 10 heavy (non-hydrogen) atoms. The molecule has 2 aliphatic heterocycles. The van der Waals surface area contributed by atoms with E-state index >= 15 is 0 Å². The monoisotopic (exact) mass is 135 g/mol. The second kappa shape index (κ2) is 2.11. The second-order valence-corrected chi connectivity index (χ2v) is 2.93. The molecule has 2 aliphatic rings. The summed E-state index contributed by atoms with van der Waals surface area (Å²) < 4.78 is 5.27. The van der Waals surface area contributed by atoms with Gasteiger partial charge in [0.1, 0.15) is 7.85 Å². The maximum Gasteiger partial charge on any atom is 0.110 e. The summed E-state index contributed by atoms with van der Waals surface area (Å²) in [5, 5.41) is 3.34. The first-order valence-corrected chi connectivity index (χ1v) is 3.62. The fourth-order valence-electron chi connectivity index (χ4n) is 1.59. The molecule has 2 rings (SSSR count). The van der Waals surface area contributed by atoms with Gasteiger partial charge in [0, 0.05) is 13.2 Å². The van der Waals surface area contributed by atoms with Crippen LogP contribution in [0.25, 0.3) is 0 Å². The number of nitrogens with one attached hydrogen (secondary N) is 1. The average molecular weight is 135 g/mol. The van der Waals surface area contributed by atoms with Crippen LogP contribution in [0.5, 0.6) is 0 Å². The predicted octanol–water partition coefficient (Wildman–Crippen LogP) is -0.199. The van der Waals surface area contributed by atoms with Crippen LogP contribution in [0.1, 0.15) is 6.42 Å². The SMILES string of the molecule is [B]C1=CCNC12CCOC2. The van der Waals surface area contributed by atoms with Crippen molar-refractivity contribution in [3.8, 4) is 0 Å². The Morgan fingerprint density at radius 3 is 3.10 bits per heavy atom. The van der Waals surface area contributed by atoms with Gasteiger partial charge in [-0.05, 0) is 6.42 Å². The van der Waals surface area contributed by atoms with Crippen molar-refractivity contribution in [2.75, 3.05) is 19.8 Å².